The quantitative estimate of drug-likeness (QED) is 0.173. The summed E-state index contributed by atoms with van der Waals surface area (Å²) >= 11 is 0. The van der Waals surface area contributed by atoms with E-state index in [0.29, 0.717) is 17.4 Å². The summed E-state index contributed by atoms with van der Waals surface area (Å²) in [7, 11) is 0. The van der Waals surface area contributed by atoms with Crippen molar-refractivity contribution in [1.29, 1.82) is 0 Å². The van der Waals surface area contributed by atoms with E-state index in [1.165, 1.54) is 41.1 Å². The van der Waals surface area contributed by atoms with Crippen molar-refractivity contribution in [3.05, 3.63) is 198 Å². The van der Waals surface area contributed by atoms with Gasteiger partial charge in [-0.2, -0.15) is 0 Å². The lowest BCUT2D eigenvalue weighted by molar-refractivity contribution is 0.345. The molecule has 6 nitrogen and oxygen atoms in total. The van der Waals surface area contributed by atoms with Crippen molar-refractivity contribution in [2.45, 2.75) is 69.2 Å². The summed E-state index contributed by atoms with van der Waals surface area (Å²) in [5.74, 6) is 0.325. The summed E-state index contributed by atoms with van der Waals surface area (Å²) < 4.78 is 0. The Balaban J connectivity index is 1.04. The number of allylic oxidation sites excluding steroid dienone is 18. The van der Waals surface area contributed by atoms with Crippen LogP contribution in [0.2, 0.25) is 0 Å². The highest BCUT2D eigenvalue weighted by molar-refractivity contribution is 6.07. The van der Waals surface area contributed by atoms with E-state index < -0.39 is 0 Å². The molecule has 60 heavy (non-hydrogen) atoms. The maximum absolute atomic E-state index is 7.31. The maximum Gasteiger partial charge on any atom is 0.0998 e. The molecule has 4 atom stereocenters. The van der Waals surface area contributed by atoms with Crippen LogP contribution in [0.5, 0.6) is 0 Å². The van der Waals surface area contributed by atoms with Gasteiger partial charge in [0.15, 0.2) is 0 Å². The van der Waals surface area contributed by atoms with Gasteiger partial charge in [-0.05, 0) is 104 Å². The summed E-state index contributed by atoms with van der Waals surface area (Å²) in [6.45, 7) is 0. The highest BCUT2D eigenvalue weighted by Gasteiger charge is 2.42. The van der Waals surface area contributed by atoms with Gasteiger partial charge in [-0.15, -0.1) is 0 Å². The van der Waals surface area contributed by atoms with Gasteiger partial charge in [-0.1, -0.05) is 121 Å². The number of para-hydroxylation sites is 1. The van der Waals surface area contributed by atoms with Crippen molar-refractivity contribution in [3.8, 4) is 11.1 Å². The zero-order chi connectivity index (χ0) is 40.2. The van der Waals surface area contributed by atoms with E-state index >= 15 is 0 Å². The minimum atomic E-state index is -0.00974. The summed E-state index contributed by atoms with van der Waals surface area (Å²) in [5.41, 5.74) is 30.7. The molecule has 0 spiro atoms. The number of nitrogens with zero attached hydrogens (tertiary/aromatic N) is 4. The number of hydrogen-bond acceptors (Lipinski definition) is 6. The van der Waals surface area contributed by atoms with Gasteiger partial charge in [0.1, 0.15) is 0 Å². The lowest BCUT2D eigenvalue weighted by Crippen LogP contribution is -2.33. The summed E-state index contributed by atoms with van der Waals surface area (Å²) in [6.07, 6.45) is 47.2. The van der Waals surface area contributed by atoms with Crippen molar-refractivity contribution in [1.82, 2.24) is 14.9 Å². The van der Waals surface area contributed by atoms with E-state index in [2.05, 4.69) is 168 Å². The lowest BCUT2D eigenvalue weighted by Gasteiger charge is -2.38. The molecular formula is C54H50N6. The maximum atomic E-state index is 7.31. The van der Waals surface area contributed by atoms with E-state index in [-0.39, 0.29) is 17.8 Å². The largest absolute Gasteiger partial charge is 0.397 e. The average Bonchev–Trinajstić information content (AvgIpc) is 3.62. The third-order valence-electron chi connectivity index (χ3n) is 13.3. The summed E-state index contributed by atoms with van der Waals surface area (Å²) in [6, 6.07) is 19.6. The molecule has 6 heteroatoms. The molecule has 0 radical (unpaired) electrons. The fourth-order valence-electron chi connectivity index (χ4n) is 10.5. The first-order valence-corrected chi connectivity index (χ1v) is 21.8. The average molecular weight is 783 g/mol. The SMILES string of the molecule is Nc1c(N)c(C2C=CC(N(C3=CCCCC3)C3C=CC=CC3)=CC2)c2nc3c(nc2c1-c1ccc(N(C2=CCCC=C2)c2ccccc2)cc1)C1=CC=CC2=CC=CC3C21. The first-order chi connectivity index (χ1) is 29.6. The Labute approximate surface area is 353 Å². The summed E-state index contributed by atoms with van der Waals surface area (Å²) in [5, 5.41) is 0. The van der Waals surface area contributed by atoms with Crippen LogP contribution in [0.3, 0.4) is 0 Å². The van der Waals surface area contributed by atoms with Gasteiger partial charge >= 0.3 is 0 Å². The van der Waals surface area contributed by atoms with Crippen LogP contribution in [-0.2, 0) is 0 Å². The molecular weight excluding hydrogens is 733 g/mol. The number of rotatable bonds is 8. The smallest absolute Gasteiger partial charge is 0.0998 e. The molecule has 0 saturated heterocycles. The van der Waals surface area contributed by atoms with Crippen molar-refractivity contribution >= 4 is 39.4 Å². The zero-order valence-electron chi connectivity index (χ0n) is 33.9. The molecule has 4 unspecified atom stereocenters. The standard InChI is InChI=1S/C54H50N6/c55-49-47(36-27-31-42(32-28-36)59(38-17-5-1-6-18-38)39-19-7-2-8-20-39)53-54(58-52-45-26-14-16-35-15-13-25-44(46(35)45)51(52)57-53)48(50(49)56)37-29-33-43(34-30-37)60(40-21-9-3-10-22-40)41-23-11-4-12-24-41/h1,3,5-7,9-10,13-21,23,25-29,31-34,37,40,45-46H,2,4,8,11-12,22,24,30,55-56H2. The third-order valence-corrected chi connectivity index (χ3v) is 13.3. The molecule has 0 fully saturated rings. The molecule has 296 valence electrons. The second kappa shape index (κ2) is 15.2. The molecule has 7 aliphatic rings. The van der Waals surface area contributed by atoms with E-state index in [4.69, 9.17) is 21.4 Å². The number of nitrogens with two attached hydrogens (primary N) is 2. The topological polar surface area (TPSA) is 84.3 Å². The lowest BCUT2D eigenvalue weighted by atomic mass is 9.79. The van der Waals surface area contributed by atoms with Crippen LogP contribution >= 0.6 is 0 Å². The molecule has 3 aromatic carbocycles. The number of hydrogen-bond donors (Lipinski definition) is 2. The Morgan fingerprint density at radius 1 is 0.650 bits per heavy atom. The van der Waals surface area contributed by atoms with Crippen LogP contribution in [0.15, 0.2) is 181 Å². The van der Waals surface area contributed by atoms with E-state index in [1.807, 2.05) is 0 Å². The van der Waals surface area contributed by atoms with Crippen LogP contribution in [0.1, 0.15) is 80.2 Å². The van der Waals surface area contributed by atoms with Crippen LogP contribution in [-0.4, -0.2) is 20.9 Å². The van der Waals surface area contributed by atoms with Crippen LogP contribution < -0.4 is 16.4 Å². The molecule has 0 amide bonds. The normalized spacial score (nSPS) is 23.4. The molecule has 7 aliphatic carbocycles. The van der Waals surface area contributed by atoms with E-state index in [0.717, 1.165) is 89.0 Å². The number of anilines is 4. The fraction of sp³-hybridized carbons (Fsp3) is 0.222. The highest BCUT2D eigenvalue weighted by atomic mass is 15.2. The monoisotopic (exact) mass is 782 g/mol. The Hall–Kier alpha value is -6.66. The van der Waals surface area contributed by atoms with Crippen molar-refractivity contribution in [2.75, 3.05) is 16.4 Å². The molecule has 1 heterocycles. The Kier molecular flexibility index (Phi) is 9.21. The van der Waals surface area contributed by atoms with Crippen LogP contribution in [0.4, 0.5) is 22.7 Å². The minimum absolute atomic E-state index is 0.00974. The minimum Gasteiger partial charge on any atom is -0.397 e. The predicted molar refractivity (Wildman–Crippen MR) is 249 cm³/mol. The highest BCUT2D eigenvalue weighted by Crippen LogP contribution is 2.54. The second-order valence-corrected chi connectivity index (χ2v) is 16.9. The van der Waals surface area contributed by atoms with Crippen LogP contribution in [0, 0.1) is 5.92 Å². The van der Waals surface area contributed by atoms with Gasteiger partial charge in [-0.25, -0.2) is 9.97 Å². The Morgan fingerprint density at radius 3 is 2.30 bits per heavy atom. The molecule has 4 N–H and O–H groups in total. The van der Waals surface area contributed by atoms with Crippen molar-refractivity contribution < 1.29 is 0 Å². The van der Waals surface area contributed by atoms with Gasteiger partial charge in [0.25, 0.3) is 0 Å². The number of nitrogen functional groups attached to an aromatic ring is 2. The Bertz CT molecular complexity index is 2750. The summed E-state index contributed by atoms with van der Waals surface area (Å²) in [4.78, 5) is 16.2. The van der Waals surface area contributed by atoms with Gasteiger partial charge in [-0.3, -0.25) is 0 Å². The molecule has 4 aromatic rings. The third kappa shape index (κ3) is 6.16. The molecule has 0 aliphatic heterocycles. The van der Waals surface area contributed by atoms with Gasteiger partial charge in [0, 0.05) is 57.3 Å². The first-order valence-electron chi connectivity index (χ1n) is 21.8. The number of aromatic nitrogens is 2. The predicted octanol–water partition coefficient (Wildman–Crippen LogP) is 12.6. The van der Waals surface area contributed by atoms with Crippen molar-refractivity contribution in [2.24, 2.45) is 5.92 Å². The van der Waals surface area contributed by atoms with E-state index in [9.17, 15) is 0 Å². The fourth-order valence-corrected chi connectivity index (χ4v) is 10.5. The van der Waals surface area contributed by atoms with Crippen molar-refractivity contribution in [3.63, 3.8) is 0 Å². The van der Waals surface area contributed by atoms with Gasteiger partial charge in [0.05, 0.1) is 39.8 Å². The number of benzene rings is 3. The van der Waals surface area contributed by atoms with Gasteiger partial charge in [0.2, 0.25) is 0 Å². The zero-order valence-corrected chi connectivity index (χ0v) is 33.9. The second-order valence-electron chi connectivity index (χ2n) is 16.9. The molecule has 0 saturated carbocycles. The number of fused-ring (bicyclic) bond motifs is 4. The first kappa shape index (κ1) is 36.4. The molecule has 11 rings (SSSR count). The van der Waals surface area contributed by atoms with Crippen LogP contribution in [0.25, 0.3) is 27.7 Å². The Morgan fingerprint density at radius 2 is 1.53 bits per heavy atom. The van der Waals surface area contributed by atoms with E-state index in [1.54, 1.807) is 0 Å². The van der Waals surface area contributed by atoms with Gasteiger partial charge < -0.3 is 21.3 Å². The molecule has 1 aromatic heterocycles. The molecule has 0 bridgehead atoms.